The van der Waals surface area contributed by atoms with Gasteiger partial charge in [0.15, 0.2) is 0 Å². The van der Waals surface area contributed by atoms with Crippen LogP contribution in [0.2, 0.25) is 0 Å². The fraction of sp³-hybridized carbons (Fsp3) is 0.769. The molecule has 1 aromatic rings. The molecule has 0 aromatic carbocycles. The molecule has 3 nitrogen and oxygen atoms in total. The molecule has 0 aliphatic carbocycles. The molecule has 2 heterocycles. The average Bonchev–Trinajstić information content (AvgIpc) is 3.01. The Bertz CT molecular complexity index is 317. The van der Waals surface area contributed by atoms with Gasteiger partial charge in [0.25, 0.3) is 0 Å². The second-order valence-corrected chi connectivity index (χ2v) is 5.92. The molecule has 2 rings (SSSR count). The van der Waals surface area contributed by atoms with Gasteiger partial charge >= 0.3 is 0 Å². The van der Waals surface area contributed by atoms with Gasteiger partial charge < -0.3 is 10.6 Å². The van der Waals surface area contributed by atoms with Gasteiger partial charge in [-0.15, -0.1) is 11.3 Å². The predicted molar refractivity (Wildman–Crippen MR) is 73.4 cm³/mol. The zero-order valence-corrected chi connectivity index (χ0v) is 11.6. The van der Waals surface area contributed by atoms with E-state index in [0.29, 0.717) is 11.5 Å². The van der Waals surface area contributed by atoms with Crippen molar-refractivity contribution in [3.05, 3.63) is 16.6 Å². The van der Waals surface area contributed by atoms with Crippen LogP contribution in [0.25, 0.3) is 0 Å². The van der Waals surface area contributed by atoms with E-state index in [1.54, 1.807) is 11.3 Å². The van der Waals surface area contributed by atoms with E-state index in [1.807, 2.05) is 6.20 Å². The normalized spacial score (nSPS) is 26.2. The summed E-state index contributed by atoms with van der Waals surface area (Å²) < 4.78 is 0. The molecule has 0 amide bonds. The van der Waals surface area contributed by atoms with Crippen LogP contribution in [0.4, 0.5) is 0 Å². The lowest BCUT2D eigenvalue weighted by Gasteiger charge is -2.29. The van der Waals surface area contributed by atoms with Crippen molar-refractivity contribution < 1.29 is 0 Å². The topological polar surface area (TPSA) is 37.0 Å². The van der Waals surface area contributed by atoms with Crippen molar-refractivity contribution in [2.75, 3.05) is 19.6 Å². The summed E-state index contributed by atoms with van der Waals surface area (Å²) in [4.78, 5) is 4.42. The molecule has 1 fully saturated rings. The summed E-state index contributed by atoms with van der Waals surface area (Å²) in [5, 5.41) is 10.5. The third kappa shape index (κ3) is 3.06. The highest BCUT2D eigenvalue weighted by Gasteiger charge is 2.32. The molecule has 96 valence electrons. The summed E-state index contributed by atoms with van der Waals surface area (Å²) in [7, 11) is 0. The molecule has 4 heteroatoms. The van der Waals surface area contributed by atoms with Crippen LogP contribution in [0.1, 0.15) is 44.2 Å². The molecule has 0 saturated carbocycles. The van der Waals surface area contributed by atoms with Gasteiger partial charge in [-0.05, 0) is 31.2 Å². The fourth-order valence-corrected chi connectivity index (χ4v) is 3.32. The van der Waals surface area contributed by atoms with Crippen LogP contribution >= 0.6 is 11.3 Å². The predicted octanol–water partition coefficient (Wildman–Crippen LogP) is 2.57. The Labute approximate surface area is 108 Å². The standard InChI is InChI=1S/C13H23N3S/c1-3-11(12-15-7-8-17-12)16-10-13(4-2)5-6-14-9-13/h7-8,11,14,16H,3-6,9-10H2,1-2H3. The molecular formula is C13H23N3S. The van der Waals surface area contributed by atoms with Gasteiger partial charge in [-0.3, -0.25) is 0 Å². The quantitative estimate of drug-likeness (QED) is 0.818. The maximum Gasteiger partial charge on any atom is 0.109 e. The number of hydrogen-bond donors (Lipinski definition) is 2. The smallest absolute Gasteiger partial charge is 0.109 e. The van der Waals surface area contributed by atoms with Crippen molar-refractivity contribution in [3.63, 3.8) is 0 Å². The SMILES string of the molecule is CCC(NCC1(CC)CCNC1)c1nccs1. The Hall–Kier alpha value is -0.450. The first-order valence-electron chi connectivity index (χ1n) is 6.63. The molecule has 1 aliphatic heterocycles. The van der Waals surface area contributed by atoms with Crippen LogP contribution < -0.4 is 10.6 Å². The van der Waals surface area contributed by atoms with Crippen molar-refractivity contribution in [2.24, 2.45) is 5.41 Å². The lowest BCUT2D eigenvalue weighted by molar-refractivity contribution is 0.275. The third-order valence-electron chi connectivity index (χ3n) is 3.96. The van der Waals surface area contributed by atoms with Crippen LogP contribution in [0, 0.1) is 5.41 Å². The monoisotopic (exact) mass is 253 g/mol. The summed E-state index contributed by atoms with van der Waals surface area (Å²) in [6.07, 6.45) is 5.56. The first-order chi connectivity index (χ1) is 8.29. The molecular weight excluding hydrogens is 230 g/mol. The molecule has 2 unspecified atom stereocenters. The summed E-state index contributed by atoms with van der Waals surface area (Å²) in [5.74, 6) is 0. The number of aromatic nitrogens is 1. The largest absolute Gasteiger partial charge is 0.316 e. The second-order valence-electron chi connectivity index (χ2n) is 4.99. The first-order valence-corrected chi connectivity index (χ1v) is 7.51. The highest BCUT2D eigenvalue weighted by atomic mass is 32.1. The van der Waals surface area contributed by atoms with Crippen molar-refractivity contribution in [2.45, 2.75) is 39.2 Å². The van der Waals surface area contributed by atoms with Crippen molar-refractivity contribution >= 4 is 11.3 Å². The van der Waals surface area contributed by atoms with Gasteiger partial charge in [0, 0.05) is 24.7 Å². The molecule has 0 radical (unpaired) electrons. The van der Waals surface area contributed by atoms with Gasteiger partial charge in [-0.25, -0.2) is 4.98 Å². The Balaban J connectivity index is 1.91. The summed E-state index contributed by atoms with van der Waals surface area (Å²) in [6.45, 7) is 7.96. The van der Waals surface area contributed by atoms with E-state index < -0.39 is 0 Å². The zero-order valence-electron chi connectivity index (χ0n) is 10.8. The van der Waals surface area contributed by atoms with Gasteiger partial charge in [0.1, 0.15) is 5.01 Å². The summed E-state index contributed by atoms with van der Waals surface area (Å²) in [5.41, 5.74) is 0.463. The number of hydrogen-bond acceptors (Lipinski definition) is 4. The Morgan fingerprint density at radius 3 is 3.00 bits per heavy atom. The minimum Gasteiger partial charge on any atom is -0.316 e. The highest BCUT2D eigenvalue weighted by Crippen LogP contribution is 2.30. The lowest BCUT2D eigenvalue weighted by Crippen LogP contribution is -2.37. The molecule has 0 spiro atoms. The van der Waals surface area contributed by atoms with Crippen molar-refractivity contribution in [1.29, 1.82) is 0 Å². The molecule has 1 saturated heterocycles. The number of thiazole rings is 1. The minimum absolute atomic E-state index is 0.430. The number of nitrogens with one attached hydrogen (secondary N) is 2. The highest BCUT2D eigenvalue weighted by molar-refractivity contribution is 7.09. The number of nitrogens with zero attached hydrogens (tertiary/aromatic N) is 1. The first kappa shape index (κ1) is 13.0. The molecule has 17 heavy (non-hydrogen) atoms. The molecule has 0 bridgehead atoms. The van der Waals surface area contributed by atoms with Crippen LogP contribution in [0.5, 0.6) is 0 Å². The van der Waals surface area contributed by atoms with Crippen LogP contribution in [0.3, 0.4) is 0 Å². The van der Waals surface area contributed by atoms with E-state index in [1.165, 1.54) is 24.4 Å². The van der Waals surface area contributed by atoms with Gasteiger partial charge in [-0.1, -0.05) is 13.8 Å². The minimum atomic E-state index is 0.430. The van der Waals surface area contributed by atoms with Crippen LogP contribution in [0.15, 0.2) is 11.6 Å². The Kier molecular flexibility index (Phi) is 4.54. The maximum atomic E-state index is 4.42. The van der Waals surface area contributed by atoms with E-state index in [4.69, 9.17) is 0 Å². The maximum absolute atomic E-state index is 4.42. The molecule has 1 aliphatic rings. The Morgan fingerprint density at radius 1 is 1.59 bits per heavy atom. The molecule has 2 atom stereocenters. The van der Waals surface area contributed by atoms with E-state index in [-0.39, 0.29) is 0 Å². The van der Waals surface area contributed by atoms with Crippen molar-refractivity contribution in [1.82, 2.24) is 15.6 Å². The second kappa shape index (κ2) is 5.94. The molecule has 1 aromatic heterocycles. The third-order valence-corrected chi connectivity index (χ3v) is 4.85. The fourth-order valence-electron chi connectivity index (χ4n) is 2.53. The summed E-state index contributed by atoms with van der Waals surface area (Å²) in [6, 6.07) is 0.430. The van der Waals surface area contributed by atoms with E-state index in [9.17, 15) is 0 Å². The van der Waals surface area contributed by atoms with Gasteiger partial charge in [-0.2, -0.15) is 0 Å². The van der Waals surface area contributed by atoms with Gasteiger partial charge in [0.05, 0.1) is 6.04 Å². The van der Waals surface area contributed by atoms with E-state index in [2.05, 4.69) is 34.8 Å². The Morgan fingerprint density at radius 2 is 2.47 bits per heavy atom. The van der Waals surface area contributed by atoms with Crippen LogP contribution in [-0.2, 0) is 0 Å². The van der Waals surface area contributed by atoms with Crippen molar-refractivity contribution in [3.8, 4) is 0 Å². The van der Waals surface area contributed by atoms with Gasteiger partial charge in [0.2, 0.25) is 0 Å². The lowest BCUT2D eigenvalue weighted by atomic mass is 9.84. The van der Waals surface area contributed by atoms with E-state index >= 15 is 0 Å². The summed E-state index contributed by atoms with van der Waals surface area (Å²) >= 11 is 1.76. The average molecular weight is 253 g/mol. The number of rotatable bonds is 6. The zero-order chi connectivity index (χ0) is 12.1. The molecule has 2 N–H and O–H groups in total. The van der Waals surface area contributed by atoms with E-state index in [0.717, 1.165) is 19.5 Å². The van der Waals surface area contributed by atoms with Crippen LogP contribution in [-0.4, -0.2) is 24.6 Å².